The van der Waals surface area contributed by atoms with E-state index in [4.69, 9.17) is 5.11 Å². The smallest absolute Gasteiger partial charge is 0.392 e. The van der Waals surface area contributed by atoms with Gasteiger partial charge in [0, 0.05) is 5.92 Å². The van der Waals surface area contributed by atoms with Crippen LogP contribution in [0.1, 0.15) is 39.0 Å². The van der Waals surface area contributed by atoms with Gasteiger partial charge in [-0.25, -0.2) is 4.79 Å². The molecule has 0 bridgehead atoms. The predicted octanol–water partition coefficient (Wildman–Crippen LogP) is 2.89. The first-order valence-corrected chi connectivity index (χ1v) is 6.98. The van der Waals surface area contributed by atoms with E-state index in [0.717, 1.165) is 0 Å². The van der Waals surface area contributed by atoms with Crippen molar-refractivity contribution in [3.63, 3.8) is 0 Å². The first kappa shape index (κ1) is 17.5. The van der Waals surface area contributed by atoms with Crippen LogP contribution in [-0.2, 0) is 9.59 Å². The van der Waals surface area contributed by atoms with Crippen molar-refractivity contribution in [2.24, 2.45) is 11.8 Å². The van der Waals surface area contributed by atoms with Crippen molar-refractivity contribution < 1.29 is 27.9 Å². The molecule has 7 heteroatoms. The number of hydrogen-bond acceptors (Lipinski definition) is 2. The van der Waals surface area contributed by atoms with Gasteiger partial charge in [-0.15, -0.1) is 0 Å². The Morgan fingerprint density at radius 3 is 2.48 bits per heavy atom. The quantitative estimate of drug-likeness (QED) is 0.768. The predicted molar refractivity (Wildman–Crippen MR) is 70.5 cm³/mol. The van der Waals surface area contributed by atoms with Crippen LogP contribution in [0.4, 0.5) is 13.2 Å². The largest absolute Gasteiger partial charge is 0.480 e. The number of carboxylic acids is 1. The standard InChI is InChI=1S/C14H20F3NO3/c1-2-3-8-11(13(20)21)18-12(19)9-6-4-5-7-10(9)14(15,16)17/h2-3,9-11H,4-8H2,1H3,(H,18,19)(H,20,21)/b3-2+. The van der Waals surface area contributed by atoms with Gasteiger partial charge in [0.2, 0.25) is 5.91 Å². The van der Waals surface area contributed by atoms with Crippen LogP contribution in [0.5, 0.6) is 0 Å². The molecule has 1 aliphatic carbocycles. The Labute approximate surface area is 121 Å². The fourth-order valence-electron chi connectivity index (χ4n) is 2.61. The topological polar surface area (TPSA) is 66.4 Å². The summed E-state index contributed by atoms with van der Waals surface area (Å²) >= 11 is 0. The zero-order chi connectivity index (χ0) is 16.0. The van der Waals surface area contributed by atoms with Gasteiger partial charge in [-0.2, -0.15) is 13.2 Å². The number of carbonyl (C=O) groups is 2. The summed E-state index contributed by atoms with van der Waals surface area (Å²) in [6.07, 6.45) is -0.125. The van der Waals surface area contributed by atoms with Crippen LogP contribution in [0.2, 0.25) is 0 Å². The van der Waals surface area contributed by atoms with E-state index in [2.05, 4.69) is 5.32 Å². The molecule has 4 nitrogen and oxygen atoms in total. The molecule has 1 fully saturated rings. The lowest BCUT2D eigenvalue weighted by Crippen LogP contribution is -2.48. The molecule has 0 aromatic rings. The molecule has 0 aromatic heterocycles. The molecule has 2 N–H and O–H groups in total. The maximum Gasteiger partial charge on any atom is 0.392 e. The van der Waals surface area contributed by atoms with Crippen molar-refractivity contribution in [2.75, 3.05) is 0 Å². The van der Waals surface area contributed by atoms with Gasteiger partial charge >= 0.3 is 12.1 Å². The summed E-state index contributed by atoms with van der Waals surface area (Å²) in [4.78, 5) is 23.1. The number of halogens is 3. The van der Waals surface area contributed by atoms with E-state index in [0.29, 0.717) is 12.8 Å². The second kappa shape index (κ2) is 7.47. The number of carboxylic acid groups (broad SMARTS) is 1. The van der Waals surface area contributed by atoms with Crippen LogP contribution in [0, 0.1) is 11.8 Å². The summed E-state index contributed by atoms with van der Waals surface area (Å²) in [6, 6.07) is -1.19. The molecule has 0 saturated heterocycles. The second-order valence-corrected chi connectivity index (χ2v) is 5.24. The number of hydrogen-bond donors (Lipinski definition) is 2. The zero-order valence-electron chi connectivity index (χ0n) is 11.8. The van der Waals surface area contributed by atoms with E-state index in [1.165, 1.54) is 0 Å². The molecule has 0 aliphatic heterocycles. The lowest BCUT2D eigenvalue weighted by Gasteiger charge is -2.32. The normalized spacial score (nSPS) is 24.8. The number of nitrogens with one attached hydrogen (secondary N) is 1. The van der Waals surface area contributed by atoms with Crippen molar-refractivity contribution in [3.8, 4) is 0 Å². The minimum Gasteiger partial charge on any atom is -0.480 e. The number of amides is 1. The third-order valence-electron chi connectivity index (χ3n) is 3.75. The number of rotatable bonds is 5. The highest BCUT2D eigenvalue weighted by Crippen LogP contribution is 2.41. The first-order valence-electron chi connectivity index (χ1n) is 6.98. The van der Waals surface area contributed by atoms with Crippen LogP contribution < -0.4 is 5.32 Å². The van der Waals surface area contributed by atoms with Crippen molar-refractivity contribution in [1.82, 2.24) is 5.32 Å². The Morgan fingerprint density at radius 2 is 1.95 bits per heavy atom. The van der Waals surface area contributed by atoms with Crippen LogP contribution >= 0.6 is 0 Å². The fraction of sp³-hybridized carbons (Fsp3) is 0.714. The highest BCUT2D eigenvalue weighted by atomic mass is 19.4. The number of alkyl halides is 3. The average Bonchev–Trinajstić information content (AvgIpc) is 2.42. The van der Waals surface area contributed by atoms with Gasteiger partial charge in [-0.1, -0.05) is 25.0 Å². The molecule has 1 aliphatic rings. The fourth-order valence-corrected chi connectivity index (χ4v) is 2.61. The van der Waals surface area contributed by atoms with Crippen LogP contribution in [0.25, 0.3) is 0 Å². The molecular weight excluding hydrogens is 287 g/mol. The van der Waals surface area contributed by atoms with Gasteiger partial charge < -0.3 is 10.4 Å². The van der Waals surface area contributed by atoms with Crippen LogP contribution in [0.3, 0.4) is 0 Å². The minimum atomic E-state index is -4.43. The average molecular weight is 307 g/mol. The highest BCUT2D eigenvalue weighted by Gasteiger charge is 2.48. The molecule has 120 valence electrons. The molecule has 1 rings (SSSR count). The summed E-state index contributed by atoms with van der Waals surface area (Å²) in [5.74, 6) is -4.93. The zero-order valence-corrected chi connectivity index (χ0v) is 11.8. The van der Waals surface area contributed by atoms with Gasteiger partial charge in [0.25, 0.3) is 0 Å². The van der Waals surface area contributed by atoms with Crippen molar-refractivity contribution >= 4 is 11.9 Å². The van der Waals surface area contributed by atoms with E-state index >= 15 is 0 Å². The number of allylic oxidation sites excluding steroid dienone is 1. The Kier molecular flexibility index (Phi) is 6.23. The third kappa shape index (κ3) is 5.06. The molecule has 0 aromatic carbocycles. The van der Waals surface area contributed by atoms with Gasteiger partial charge in [0.15, 0.2) is 0 Å². The maximum atomic E-state index is 12.9. The minimum absolute atomic E-state index is 0.0565. The molecular formula is C14H20F3NO3. The molecule has 3 unspecified atom stereocenters. The number of aliphatic carboxylic acids is 1. The summed E-state index contributed by atoms with van der Waals surface area (Å²) in [5, 5.41) is 11.2. The van der Waals surface area contributed by atoms with Crippen molar-refractivity contribution in [1.29, 1.82) is 0 Å². The van der Waals surface area contributed by atoms with Crippen LogP contribution in [-0.4, -0.2) is 29.2 Å². The summed E-state index contributed by atoms with van der Waals surface area (Å²) in [5.41, 5.74) is 0. The molecule has 1 saturated carbocycles. The molecule has 1 amide bonds. The monoisotopic (exact) mass is 307 g/mol. The lowest BCUT2D eigenvalue weighted by molar-refractivity contribution is -0.198. The van der Waals surface area contributed by atoms with Gasteiger partial charge in [-0.3, -0.25) is 4.79 Å². The Morgan fingerprint density at radius 1 is 1.33 bits per heavy atom. The highest BCUT2D eigenvalue weighted by molar-refractivity contribution is 5.85. The Balaban J connectivity index is 2.76. The van der Waals surface area contributed by atoms with E-state index < -0.39 is 35.9 Å². The van der Waals surface area contributed by atoms with Gasteiger partial charge in [-0.05, 0) is 26.2 Å². The van der Waals surface area contributed by atoms with E-state index in [1.807, 2.05) is 0 Å². The third-order valence-corrected chi connectivity index (χ3v) is 3.75. The Bertz CT molecular complexity index is 407. The van der Waals surface area contributed by atoms with Gasteiger partial charge in [0.1, 0.15) is 6.04 Å². The SMILES string of the molecule is C/C=C/CC(NC(=O)C1CCCCC1C(F)(F)F)C(=O)O. The molecule has 0 radical (unpaired) electrons. The maximum absolute atomic E-state index is 12.9. The molecule has 0 spiro atoms. The van der Waals surface area contributed by atoms with E-state index in [9.17, 15) is 22.8 Å². The Hall–Kier alpha value is -1.53. The second-order valence-electron chi connectivity index (χ2n) is 5.24. The van der Waals surface area contributed by atoms with Crippen LogP contribution in [0.15, 0.2) is 12.2 Å². The molecule has 3 atom stereocenters. The van der Waals surface area contributed by atoms with Crippen molar-refractivity contribution in [2.45, 2.75) is 51.2 Å². The van der Waals surface area contributed by atoms with E-state index in [1.54, 1.807) is 19.1 Å². The summed E-state index contributed by atoms with van der Waals surface area (Å²) < 4.78 is 38.8. The molecule has 0 heterocycles. The van der Waals surface area contributed by atoms with Crippen molar-refractivity contribution in [3.05, 3.63) is 12.2 Å². The van der Waals surface area contributed by atoms with E-state index in [-0.39, 0.29) is 19.3 Å². The first-order chi connectivity index (χ1) is 9.77. The summed E-state index contributed by atoms with van der Waals surface area (Å²) in [7, 11) is 0. The molecule has 21 heavy (non-hydrogen) atoms. The lowest BCUT2D eigenvalue weighted by atomic mass is 9.78. The summed E-state index contributed by atoms with van der Waals surface area (Å²) in [6.45, 7) is 1.70. The number of carbonyl (C=O) groups excluding carboxylic acids is 1. The van der Waals surface area contributed by atoms with Gasteiger partial charge in [0.05, 0.1) is 5.92 Å².